The maximum Gasteiger partial charge on any atom is 0.149 e. The Morgan fingerprint density at radius 1 is 1.20 bits per heavy atom. The van der Waals surface area contributed by atoms with E-state index < -0.39 is 0 Å². The van der Waals surface area contributed by atoms with E-state index in [4.69, 9.17) is 5.73 Å². The maximum atomic E-state index is 13.0. The SMILES string of the molecule is Cc1cc(-c2cccc(F)c2)nnc1N. The molecular weight excluding hydrogens is 193 g/mol. The second-order valence-electron chi connectivity index (χ2n) is 3.31. The Hall–Kier alpha value is -1.97. The first-order valence-electron chi connectivity index (χ1n) is 4.52. The summed E-state index contributed by atoms with van der Waals surface area (Å²) in [6.45, 7) is 1.84. The molecule has 2 N–H and O–H groups in total. The van der Waals surface area contributed by atoms with Gasteiger partial charge in [-0.05, 0) is 30.7 Å². The molecule has 0 saturated heterocycles. The number of aryl methyl sites for hydroxylation is 1. The van der Waals surface area contributed by atoms with Gasteiger partial charge in [0, 0.05) is 5.56 Å². The molecule has 2 aromatic rings. The van der Waals surface area contributed by atoms with Crippen LogP contribution in [0.4, 0.5) is 10.2 Å². The average molecular weight is 203 g/mol. The fourth-order valence-corrected chi connectivity index (χ4v) is 1.28. The van der Waals surface area contributed by atoms with Crippen molar-refractivity contribution >= 4 is 5.82 Å². The summed E-state index contributed by atoms with van der Waals surface area (Å²) >= 11 is 0. The van der Waals surface area contributed by atoms with Crippen LogP contribution in [0, 0.1) is 12.7 Å². The molecule has 3 nitrogen and oxygen atoms in total. The lowest BCUT2D eigenvalue weighted by atomic mass is 10.1. The quantitative estimate of drug-likeness (QED) is 0.772. The van der Waals surface area contributed by atoms with Crippen LogP contribution in [0.3, 0.4) is 0 Å². The second-order valence-corrected chi connectivity index (χ2v) is 3.31. The molecule has 0 aliphatic heterocycles. The van der Waals surface area contributed by atoms with E-state index in [0.717, 1.165) is 5.56 Å². The first-order valence-corrected chi connectivity index (χ1v) is 4.52. The first kappa shape index (κ1) is 9.58. The Morgan fingerprint density at radius 2 is 2.00 bits per heavy atom. The number of rotatable bonds is 1. The number of hydrogen-bond donors (Lipinski definition) is 1. The summed E-state index contributed by atoms with van der Waals surface area (Å²) in [5, 5.41) is 7.70. The molecule has 0 saturated carbocycles. The highest BCUT2D eigenvalue weighted by molar-refractivity contribution is 5.60. The zero-order chi connectivity index (χ0) is 10.8. The molecule has 0 amide bonds. The number of nitrogens with zero attached hydrogens (tertiary/aromatic N) is 2. The molecule has 0 spiro atoms. The molecular formula is C11H10FN3. The third kappa shape index (κ3) is 1.93. The predicted molar refractivity (Wildman–Crippen MR) is 56.6 cm³/mol. The number of hydrogen-bond acceptors (Lipinski definition) is 3. The minimum absolute atomic E-state index is 0.288. The van der Waals surface area contributed by atoms with Crippen molar-refractivity contribution in [3.8, 4) is 11.3 Å². The Bertz CT molecular complexity index is 497. The molecule has 0 aliphatic rings. The lowest BCUT2D eigenvalue weighted by Crippen LogP contribution is -1.98. The summed E-state index contributed by atoms with van der Waals surface area (Å²) in [7, 11) is 0. The summed E-state index contributed by atoms with van der Waals surface area (Å²) < 4.78 is 13.0. The summed E-state index contributed by atoms with van der Waals surface area (Å²) in [5.74, 6) is 0.110. The smallest absolute Gasteiger partial charge is 0.149 e. The number of nitrogen functional groups attached to an aromatic ring is 1. The van der Waals surface area contributed by atoms with Gasteiger partial charge >= 0.3 is 0 Å². The summed E-state index contributed by atoms with van der Waals surface area (Å²) in [6, 6.07) is 8.01. The van der Waals surface area contributed by atoms with E-state index in [1.807, 2.05) is 6.92 Å². The monoisotopic (exact) mass is 203 g/mol. The van der Waals surface area contributed by atoms with Gasteiger partial charge in [-0.15, -0.1) is 10.2 Å². The van der Waals surface area contributed by atoms with Crippen molar-refractivity contribution in [2.24, 2.45) is 0 Å². The van der Waals surface area contributed by atoms with Gasteiger partial charge in [0.2, 0.25) is 0 Å². The molecule has 0 unspecified atom stereocenters. The Kier molecular flexibility index (Phi) is 2.33. The van der Waals surface area contributed by atoms with E-state index >= 15 is 0 Å². The van der Waals surface area contributed by atoms with Crippen LogP contribution in [0.15, 0.2) is 30.3 Å². The van der Waals surface area contributed by atoms with E-state index in [-0.39, 0.29) is 5.82 Å². The van der Waals surface area contributed by atoms with Crippen molar-refractivity contribution in [2.75, 3.05) is 5.73 Å². The molecule has 0 aliphatic carbocycles. The molecule has 1 aromatic carbocycles. The summed E-state index contributed by atoms with van der Waals surface area (Å²) in [5.41, 5.74) is 7.71. The lowest BCUT2D eigenvalue weighted by Gasteiger charge is -2.02. The Balaban J connectivity index is 2.50. The van der Waals surface area contributed by atoms with E-state index in [1.165, 1.54) is 12.1 Å². The molecule has 0 radical (unpaired) electrons. The van der Waals surface area contributed by atoms with Crippen LogP contribution < -0.4 is 5.73 Å². The third-order valence-corrected chi connectivity index (χ3v) is 2.14. The molecule has 1 heterocycles. The number of benzene rings is 1. The highest BCUT2D eigenvalue weighted by Gasteiger charge is 2.03. The fourth-order valence-electron chi connectivity index (χ4n) is 1.28. The lowest BCUT2D eigenvalue weighted by molar-refractivity contribution is 0.628. The van der Waals surface area contributed by atoms with E-state index in [9.17, 15) is 4.39 Å². The zero-order valence-electron chi connectivity index (χ0n) is 8.24. The average Bonchev–Trinajstić information content (AvgIpc) is 2.22. The van der Waals surface area contributed by atoms with Gasteiger partial charge in [0.25, 0.3) is 0 Å². The van der Waals surface area contributed by atoms with Crippen LogP contribution in [-0.4, -0.2) is 10.2 Å². The van der Waals surface area contributed by atoms with Crippen LogP contribution in [-0.2, 0) is 0 Å². The molecule has 2 rings (SSSR count). The summed E-state index contributed by atoms with van der Waals surface area (Å²) in [4.78, 5) is 0. The van der Waals surface area contributed by atoms with Gasteiger partial charge in [-0.3, -0.25) is 0 Å². The largest absolute Gasteiger partial charge is 0.382 e. The molecule has 0 bridgehead atoms. The van der Waals surface area contributed by atoms with Crippen molar-refractivity contribution in [1.29, 1.82) is 0 Å². The van der Waals surface area contributed by atoms with E-state index in [0.29, 0.717) is 17.1 Å². The Labute approximate surface area is 86.8 Å². The van der Waals surface area contributed by atoms with Crippen LogP contribution >= 0.6 is 0 Å². The number of halogens is 1. The molecule has 1 aromatic heterocycles. The maximum absolute atomic E-state index is 13.0. The number of aromatic nitrogens is 2. The molecule has 76 valence electrons. The van der Waals surface area contributed by atoms with E-state index in [2.05, 4.69) is 10.2 Å². The normalized spacial score (nSPS) is 10.3. The van der Waals surface area contributed by atoms with Gasteiger partial charge < -0.3 is 5.73 Å². The van der Waals surface area contributed by atoms with Crippen molar-refractivity contribution in [3.63, 3.8) is 0 Å². The van der Waals surface area contributed by atoms with Crippen LogP contribution in [0.5, 0.6) is 0 Å². The number of nitrogens with two attached hydrogens (primary N) is 1. The molecule has 4 heteroatoms. The van der Waals surface area contributed by atoms with Gasteiger partial charge in [-0.1, -0.05) is 12.1 Å². The van der Waals surface area contributed by atoms with Gasteiger partial charge in [0.05, 0.1) is 5.69 Å². The standard InChI is InChI=1S/C11H10FN3/c1-7-5-10(14-15-11(7)13)8-3-2-4-9(12)6-8/h2-6H,1H3,(H2,13,15). The van der Waals surface area contributed by atoms with Gasteiger partial charge in [0.15, 0.2) is 0 Å². The first-order chi connectivity index (χ1) is 7.16. The summed E-state index contributed by atoms with van der Waals surface area (Å²) in [6.07, 6.45) is 0. The fraction of sp³-hybridized carbons (Fsp3) is 0.0909. The minimum Gasteiger partial charge on any atom is -0.382 e. The predicted octanol–water partition coefficient (Wildman–Crippen LogP) is 2.17. The van der Waals surface area contributed by atoms with E-state index in [1.54, 1.807) is 18.2 Å². The zero-order valence-corrected chi connectivity index (χ0v) is 8.24. The highest BCUT2D eigenvalue weighted by Crippen LogP contribution is 2.19. The van der Waals surface area contributed by atoms with Crippen molar-refractivity contribution in [3.05, 3.63) is 41.7 Å². The molecule has 0 atom stereocenters. The topological polar surface area (TPSA) is 51.8 Å². The van der Waals surface area contributed by atoms with Gasteiger partial charge in [0.1, 0.15) is 11.6 Å². The third-order valence-electron chi connectivity index (χ3n) is 2.14. The minimum atomic E-state index is -0.288. The highest BCUT2D eigenvalue weighted by atomic mass is 19.1. The number of anilines is 1. The van der Waals surface area contributed by atoms with Gasteiger partial charge in [-0.2, -0.15) is 0 Å². The van der Waals surface area contributed by atoms with Crippen LogP contribution in [0.1, 0.15) is 5.56 Å². The van der Waals surface area contributed by atoms with Crippen molar-refractivity contribution < 1.29 is 4.39 Å². The van der Waals surface area contributed by atoms with Crippen molar-refractivity contribution in [1.82, 2.24) is 10.2 Å². The molecule has 15 heavy (non-hydrogen) atoms. The Morgan fingerprint density at radius 3 is 2.67 bits per heavy atom. The van der Waals surface area contributed by atoms with Crippen molar-refractivity contribution in [2.45, 2.75) is 6.92 Å². The van der Waals surface area contributed by atoms with Crippen LogP contribution in [0.25, 0.3) is 11.3 Å². The second kappa shape index (κ2) is 3.65. The molecule has 0 fully saturated rings. The van der Waals surface area contributed by atoms with Gasteiger partial charge in [-0.25, -0.2) is 4.39 Å². The van der Waals surface area contributed by atoms with Crippen LogP contribution in [0.2, 0.25) is 0 Å².